The maximum Gasteiger partial charge on any atom is 0.233 e. The maximum atomic E-state index is 12.2. The van der Waals surface area contributed by atoms with Crippen LogP contribution in [0, 0.1) is 24.2 Å². The maximum absolute atomic E-state index is 12.2. The number of nitrogens with one attached hydrogen (secondary N) is 2. The summed E-state index contributed by atoms with van der Waals surface area (Å²) in [6.45, 7) is 3.58. The minimum absolute atomic E-state index is 0.00206. The van der Waals surface area contributed by atoms with E-state index in [1.165, 1.54) is 0 Å². The van der Waals surface area contributed by atoms with Gasteiger partial charge in [-0.25, -0.2) is 0 Å². The molecule has 0 aliphatic carbocycles. The Bertz CT molecular complexity index is 624. The first-order chi connectivity index (χ1) is 9.51. The molecular weight excluding hydrogens is 254 g/mol. The molecule has 102 valence electrons. The van der Waals surface area contributed by atoms with Gasteiger partial charge in [-0.15, -0.1) is 0 Å². The molecule has 5 nitrogen and oxygen atoms in total. The topological polar surface area (TPSA) is 82.0 Å². The van der Waals surface area contributed by atoms with Crippen molar-refractivity contribution < 1.29 is 9.59 Å². The number of carbonyl (C=O) groups is 2. The van der Waals surface area contributed by atoms with Crippen molar-refractivity contribution in [1.82, 2.24) is 5.32 Å². The number of nitriles is 1. The lowest BCUT2D eigenvalue weighted by atomic mass is 9.90. The molecule has 20 heavy (non-hydrogen) atoms. The third kappa shape index (κ3) is 2.86. The second-order valence-electron chi connectivity index (χ2n) is 4.81. The van der Waals surface area contributed by atoms with Crippen LogP contribution in [0.1, 0.15) is 18.9 Å². The molecule has 0 saturated carbocycles. The Morgan fingerprint density at radius 3 is 2.60 bits per heavy atom. The zero-order valence-corrected chi connectivity index (χ0v) is 11.4. The van der Waals surface area contributed by atoms with E-state index in [1.54, 1.807) is 19.1 Å². The quantitative estimate of drug-likeness (QED) is 0.859. The Morgan fingerprint density at radius 2 is 2.00 bits per heavy atom. The summed E-state index contributed by atoms with van der Waals surface area (Å²) in [6, 6.07) is 9.35. The molecule has 0 fully saturated rings. The van der Waals surface area contributed by atoms with E-state index in [9.17, 15) is 9.59 Å². The number of hydrogen-bond donors (Lipinski definition) is 2. The fourth-order valence-electron chi connectivity index (χ4n) is 2.13. The first-order valence-corrected chi connectivity index (χ1v) is 6.29. The van der Waals surface area contributed by atoms with Gasteiger partial charge in [0.25, 0.3) is 0 Å². The van der Waals surface area contributed by atoms with Gasteiger partial charge in [0.1, 0.15) is 0 Å². The summed E-state index contributed by atoms with van der Waals surface area (Å²) < 4.78 is 0. The molecule has 5 heteroatoms. The Balaban J connectivity index is 2.20. The van der Waals surface area contributed by atoms with Crippen molar-refractivity contribution in [1.29, 1.82) is 5.26 Å². The molecule has 0 bridgehead atoms. The highest BCUT2D eigenvalue weighted by molar-refractivity contribution is 5.99. The van der Waals surface area contributed by atoms with Gasteiger partial charge in [0.05, 0.1) is 17.6 Å². The number of aryl methyl sites for hydroxylation is 1. The van der Waals surface area contributed by atoms with E-state index in [1.807, 2.05) is 25.1 Å². The number of carbonyl (C=O) groups excluding carboxylic acids is 2. The number of allylic oxidation sites excluding steroid dienone is 1. The van der Waals surface area contributed by atoms with Crippen molar-refractivity contribution in [2.75, 3.05) is 5.32 Å². The molecule has 0 radical (unpaired) electrons. The van der Waals surface area contributed by atoms with E-state index in [-0.39, 0.29) is 18.2 Å². The zero-order chi connectivity index (χ0) is 14.7. The van der Waals surface area contributed by atoms with Gasteiger partial charge in [-0.05, 0) is 26.0 Å². The molecule has 2 rings (SSSR count). The van der Waals surface area contributed by atoms with Crippen molar-refractivity contribution in [2.24, 2.45) is 5.92 Å². The summed E-state index contributed by atoms with van der Waals surface area (Å²) in [4.78, 5) is 23.7. The minimum Gasteiger partial charge on any atom is -0.329 e. The number of anilines is 1. The number of rotatable bonds is 2. The van der Waals surface area contributed by atoms with Gasteiger partial charge < -0.3 is 10.6 Å². The first-order valence-electron chi connectivity index (χ1n) is 6.29. The van der Waals surface area contributed by atoms with Gasteiger partial charge in [-0.2, -0.15) is 5.26 Å². The van der Waals surface area contributed by atoms with Crippen LogP contribution in [0.25, 0.3) is 0 Å². The Labute approximate surface area is 117 Å². The normalized spacial score (nSPS) is 18.2. The highest BCUT2D eigenvalue weighted by atomic mass is 16.2. The van der Waals surface area contributed by atoms with E-state index < -0.39 is 5.92 Å². The predicted octanol–water partition coefficient (Wildman–Crippen LogP) is 1.87. The van der Waals surface area contributed by atoms with Crippen molar-refractivity contribution in [2.45, 2.75) is 20.3 Å². The number of nitrogens with zero attached hydrogens (tertiary/aromatic N) is 1. The van der Waals surface area contributed by atoms with Crippen molar-refractivity contribution >= 4 is 17.5 Å². The van der Waals surface area contributed by atoms with Crippen LogP contribution in [0.5, 0.6) is 0 Å². The van der Waals surface area contributed by atoms with E-state index in [0.29, 0.717) is 17.0 Å². The van der Waals surface area contributed by atoms with Crippen LogP contribution in [0.3, 0.4) is 0 Å². The number of benzene rings is 1. The van der Waals surface area contributed by atoms with Crippen molar-refractivity contribution in [3.05, 3.63) is 41.1 Å². The van der Waals surface area contributed by atoms with E-state index in [4.69, 9.17) is 5.26 Å². The molecule has 1 heterocycles. The van der Waals surface area contributed by atoms with Crippen LogP contribution in [-0.2, 0) is 9.59 Å². The summed E-state index contributed by atoms with van der Waals surface area (Å²) in [5.74, 6) is -1.31. The van der Waals surface area contributed by atoms with Crippen LogP contribution in [0.4, 0.5) is 5.69 Å². The van der Waals surface area contributed by atoms with E-state index in [0.717, 1.165) is 5.56 Å². The second kappa shape index (κ2) is 5.57. The van der Waals surface area contributed by atoms with Crippen molar-refractivity contribution in [3.63, 3.8) is 0 Å². The van der Waals surface area contributed by atoms with Crippen LogP contribution in [0.15, 0.2) is 35.5 Å². The molecule has 1 aliphatic rings. The van der Waals surface area contributed by atoms with E-state index in [2.05, 4.69) is 10.6 Å². The Kier molecular flexibility index (Phi) is 3.85. The standard InChI is InChI=1S/C15H15N3O2/c1-9-3-5-11(6-4-9)18-15(20)12-7-14(19)17-10(2)13(12)8-16/h3-6,12H,7H2,1-2H3,(H,17,19)(H,18,20)/t12-/m1/s1. The fourth-order valence-corrected chi connectivity index (χ4v) is 2.13. The lowest BCUT2D eigenvalue weighted by Gasteiger charge is -2.22. The summed E-state index contributed by atoms with van der Waals surface area (Å²) in [7, 11) is 0. The summed E-state index contributed by atoms with van der Waals surface area (Å²) >= 11 is 0. The van der Waals surface area contributed by atoms with Crippen molar-refractivity contribution in [3.8, 4) is 6.07 Å². The average molecular weight is 269 g/mol. The lowest BCUT2D eigenvalue weighted by Crippen LogP contribution is -2.37. The van der Waals surface area contributed by atoms with Gasteiger partial charge in [0, 0.05) is 17.8 Å². The van der Waals surface area contributed by atoms with Gasteiger partial charge in [-0.3, -0.25) is 9.59 Å². The third-order valence-electron chi connectivity index (χ3n) is 3.22. The molecule has 0 unspecified atom stereocenters. The lowest BCUT2D eigenvalue weighted by molar-refractivity contribution is -0.126. The molecule has 2 N–H and O–H groups in total. The first kappa shape index (κ1) is 13.8. The summed E-state index contributed by atoms with van der Waals surface area (Å²) in [5.41, 5.74) is 2.51. The smallest absolute Gasteiger partial charge is 0.233 e. The van der Waals surface area contributed by atoms with Gasteiger partial charge >= 0.3 is 0 Å². The summed E-state index contributed by atoms with van der Waals surface area (Å²) in [5, 5.41) is 14.4. The highest BCUT2D eigenvalue weighted by Gasteiger charge is 2.31. The van der Waals surface area contributed by atoms with Crippen LogP contribution in [-0.4, -0.2) is 11.8 Å². The molecule has 1 aromatic carbocycles. The molecule has 1 atom stereocenters. The zero-order valence-electron chi connectivity index (χ0n) is 11.4. The highest BCUT2D eigenvalue weighted by Crippen LogP contribution is 2.24. The minimum atomic E-state index is -0.727. The molecular formula is C15H15N3O2. The molecule has 1 aliphatic heterocycles. The Morgan fingerprint density at radius 1 is 1.35 bits per heavy atom. The van der Waals surface area contributed by atoms with Gasteiger partial charge in [-0.1, -0.05) is 17.7 Å². The van der Waals surface area contributed by atoms with Gasteiger partial charge in [0.2, 0.25) is 11.8 Å². The molecule has 2 amide bonds. The second-order valence-corrected chi connectivity index (χ2v) is 4.81. The third-order valence-corrected chi connectivity index (χ3v) is 3.22. The van der Waals surface area contributed by atoms with E-state index >= 15 is 0 Å². The molecule has 0 aromatic heterocycles. The van der Waals surface area contributed by atoms with Crippen LogP contribution < -0.4 is 10.6 Å². The Hall–Kier alpha value is -2.61. The molecule has 0 saturated heterocycles. The monoisotopic (exact) mass is 269 g/mol. The van der Waals surface area contributed by atoms with Crippen LogP contribution in [0.2, 0.25) is 0 Å². The van der Waals surface area contributed by atoms with Crippen LogP contribution >= 0.6 is 0 Å². The predicted molar refractivity (Wildman–Crippen MR) is 74.4 cm³/mol. The van der Waals surface area contributed by atoms with Gasteiger partial charge in [0.15, 0.2) is 0 Å². The molecule has 1 aromatic rings. The number of amides is 2. The number of hydrogen-bond acceptors (Lipinski definition) is 3. The average Bonchev–Trinajstić information content (AvgIpc) is 2.40. The largest absolute Gasteiger partial charge is 0.329 e. The fraction of sp³-hybridized carbons (Fsp3) is 0.267. The molecule has 0 spiro atoms. The summed E-state index contributed by atoms with van der Waals surface area (Å²) in [6.07, 6.45) is -0.00206. The SMILES string of the molecule is CC1=C(C#N)[C@H](C(=O)Nc2ccc(C)cc2)CC(=O)N1.